The number of carboxylic acid groups (broad SMARTS) is 1. The van der Waals surface area contributed by atoms with E-state index in [0.29, 0.717) is 45.6 Å². The van der Waals surface area contributed by atoms with Gasteiger partial charge >= 0.3 is 5.97 Å². The Morgan fingerprint density at radius 1 is 1.30 bits per heavy atom. The molecule has 0 bridgehead atoms. The van der Waals surface area contributed by atoms with E-state index in [0.717, 1.165) is 12.8 Å². The van der Waals surface area contributed by atoms with Crippen LogP contribution in [0.25, 0.3) is 0 Å². The van der Waals surface area contributed by atoms with Crippen molar-refractivity contribution in [2.24, 2.45) is 5.92 Å². The molecule has 1 fully saturated rings. The van der Waals surface area contributed by atoms with E-state index < -0.39 is 5.97 Å². The molecule has 1 rings (SSSR count). The number of hydrogen-bond donors (Lipinski definition) is 2. The fourth-order valence-electron chi connectivity index (χ4n) is 2.44. The van der Waals surface area contributed by atoms with Crippen LogP contribution in [0.15, 0.2) is 0 Å². The highest BCUT2D eigenvalue weighted by molar-refractivity contribution is 5.78. The van der Waals surface area contributed by atoms with Gasteiger partial charge in [-0.3, -0.25) is 14.5 Å². The molecule has 1 heterocycles. The molecule has 1 atom stereocenters. The summed E-state index contributed by atoms with van der Waals surface area (Å²) in [6, 6.07) is 0. The molecule has 0 aromatic carbocycles. The average Bonchev–Trinajstić information content (AvgIpc) is 2.87. The summed E-state index contributed by atoms with van der Waals surface area (Å²) in [5.74, 6) is -1.08. The molecule has 0 aliphatic carbocycles. The van der Waals surface area contributed by atoms with Gasteiger partial charge in [0, 0.05) is 26.2 Å². The van der Waals surface area contributed by atoms with Crippen LogP contribution in [0.5, 0.6) is 0 Å². The van der Waals surface area contributed by atoms with E-state index in [1.807, 2.05) is 4.90 Å². The van der Waals surface area contributed by atoms with Crippen molar-refractivity contribution in [1.82, 2.24) is 9.80 Å². The molecule has 1 saturated heterocycles. The summed E-state index contributed by atoms with van der Waals surface area (Å²) in [7, 11) is 0. The van der Waals surface area contributed by atoms with Gasteiger partial charge in [-0.1, -0.05) is 13.3 Å². The number of rotatable bonds is 9. The van der Waals surface area contributed by atoms with Crippen LogP contribution in [-0.2, 0) is 9.59 Å². The SMILES string of the molecule is CCCCN(CCCO)C(=O)CN1CCC(C(=O)O)C1. The Morgan fingerprint density at radius 2 is 2.00 bits per heavy atom. The zero-order valence-electron chi connectivity index (χ0n) is 12.3. The minimum absolute atomic E-state index is 0.0398. The summed E-state index contributed by atoms with van der Waals surface area (Å²) in [6.07, 6.45) is 3.18. The van der Waals surface area contributed by atoms with E-state index in [4.69, 9.17) is 10.2 Å². The lowest BCUT2D eigenvalue weighted by Crippen LogP contribution is -2.41. The highest BCUT2D eigenvalue weighted by Gasteiger charge is 2.29. The number of aliphatic carboxylic acids is 1. The van der Waals surface area contributed by atoms with Crippen molar-refractivity contribution in [2.45, 2.75) is 32.6 Å². The summed E-state index contributed by atoms with van der Waals surface area (Å²) >= 11 is 0. The van der Waals surface area contributed by atoms with E-state index in [2.05, 4.69) is 6.92 Å². The maximum atomic E-state index is 12.2. The lowest BCUT2D eigenvalue weighted by Gasteiger charge is -2.25. The van der Waals surface area contributed by atoms with E-state index in [-0.39, 0.29) is 18.4 Å². The van der Waals surface area contributed by atoms with Crippen molar-refractivity contribution in [3.05, 3.63) is 0 Å². The van der Waals surface area contributed by atoms with Crippen molar-refractivity contribution in [1.29, 1.82) is 0 Å². The van der Waals surface area contributed by atoms with Crippen LogP contribution in [0, 0.1) is 5.92 Å². The van der Waals surface area contributed by atoms with Crippen molar-refractivity contribution in [3.8, 4) is 0 Å². The number of aliphatic hydroxyl groups is 1. The van der Waals surface area contributed by atoms with Gasteiger partial charge in [-0.2, -0.15) is 0 Å². The molecule has 116 valence electrons. The molecule has 6 heteroatoms. The van der Waals surface area contributed by atoms with E-state index >= 15 is 0 Å². The molecular weight excluding hydrogens is 260 g/mol. The molecule has 1 unspecified atom stereocenters. The molecule has 6 nitrogen and oxygen atoms in total. The van der Waals surface area contributed by atoms with Gasteiger partial charge in [-0.25, -0.2) is 0 Å². The maximum Gasteiger partial charge on any atom is 0.307 e. The van der Waals surface area contributed by atoms with E-state index in [1.54, 1.807) is 4.90 Å². The van der Waals surface area contributed by atoms with Gasteiger partial charge in [0.15, 0.2) is 0 Å². The van der Waals surface area contributed by atoms with Gasteiger partial charge in [0.2, 0.25) is 5.91 Å². The van der Waals surface area contributed by atoms with Gasteiger partial charge < -0.3 is 15.1 Å². The van der Waals surface area contributed by atoms with Crippen molar-refractivity contribution in [2.75, 3.05) is 39.3 Å². The van der Waals surface area contributed by atoms with E-state index in [9.17, 15) is 9.59 Å². The van der Waals surface area contributed by atoms with Crippen LogP contribution in [0.4, 0.5) is 0 Å². The molecule has 0 aromatic heterocycles. The van der Waals surface area contributed by atoms with Gasteiger partial charge in [-0.15, -0.1) is 0 Å². The molecule has 2 N–H and O–H groups in total. The van der Waals surface area contributed by atoms with Crippen molar-refractivity contribution < 1.29 is 19.8 Å². The molecule has 1 aliphatic rings. The zero-order chi connectivity index (χ0) is 15.0. The van der Waals surface area contributed by atoms with Crippen LogP contribution < -0.4 is 0 Å². The predicted octanol–water partition coefficient (Wildman–Crippen LogP) is 0.404. The van der Waals surface area contributed by atoms with Crippen molar-refractivity contribution in [3.63, 3.8) is 0 Å². The summed E-state index contributed by atoms with van der Waals surface area (Å²) in [6.45, 7) is 4.87. The molecule has 20 heavy (non-hydrogen) atoms. The maximum absolute atomic E-state index is 12.2. The Hall–Kier alpha value is -1.14. The Bertz CT molecular complexity index is 314. The third kappa shape index (κ3) is 5.46. The smallest absolute Gasteiger partial charge is 0.307 e. The zero-order valence-corrected chi connectivity index (χ0v) is 12.3. The first-order chi connectivity index (χ1) is 9.58. The number of amides is 1. The Labute approximate surface area is 120 Å². The molecule has 0 aromatic rings. The predicted molar refractivity (Wildman–Crippen MR) is 75.4 cm³/mol. The molecule has 0 radical (unpaired) electrons. The first kappa shape index (κ1) is 16.9. The molecule has 1 amide bonds. The lowest BCUT2D eigenvalue weighted by molar-refractivity contribution is -0.141. The number of likely N-dealkylation sites (tertiary alicyclic amines) is 1. The lowest BCUT2D eigenvalue weighted by atomic mass is 10.1. The minimum Gasteiger partial charge on any atom is -0.481 e. The van der Waals surface area contributed by atoms with Gasteiger partial charge in [0.1, 0.15) is 0 Å². The number of nitrogens with zero attached hydrogens (tertiary/aromatic N) is 2. The fourth-order valence-corrected chi connectivity index (χ4v) is 2.44. The number of aliphatic hydroxyl groups excluding tert-OH is 1. The van der Waals surface area contributed by atoms with Crippen molar-refractivity contribution >= 4 is 11.9 Å². The third-order valence-corrected chi connectivity index (χ3v) is 3.70. The van der Waals surface area contributed by atoms with Crippen LogP contribution >= 0.6 is 0 Å². The summed E-state index contributed by atoms with van der Waals surface area (Å²) in [4.78, 5) is 26.8. The Kier molecular flexibility index (Phi) is 7.54. The fraction of sp³-hybridized carbons (Fsp3) is 0.857. The monoisotopic (exact) mass is 286 g/mol. The van der Waals surface area contributed by atoms with Crippen LogP contribution in [-0.4, -0.2) is 71.2 Å². The van der Waals surface area contributed by atoms with Crippen LogP contribution in [0.2, 0.25) is 0 Å². The topological polar surface area (TPSA) is 81.1 Å². The summed E-state index contributed by atoms with van der Waals surface area (Å²) in [5, 5.41) is 17.8. The minimum atomic E-state index is -0.775. The van der Waals surface area contributed by atoms with Gasteiger partial charge in [0.05, 0.1) is 12.5 Å². The number of carboxylic acids is 1. The van der Waals surface area contributed by atoms with Crippen LogP contribution in [0.1, 0.15) is 32.6 Å². The molecule has 0 saturated carbocycles. The second kappa shape index (κ2) is 8.92. The number of carbonyl (C=O) groups excluding carboxylic acids is 1. The Balaban J connectivity index is 2.42. The number of unbranched alkanes of at least 4 members (excludes halogenated alkanes) is 1. The second-order valence-electron chi connectivity index (χ2n) is 5.37. The highest BCUT2D eigenvalue weighted by atomic mass is 16.4. The first-order valence-electron chi connectivity index (χ1n) is 7.42. The normalized spacial score (nSPS) is 19.2. The number of carbonyl (C=O) groups is 2. The quantitative estimate of drug-likeness (QED) is 0.641. The standard InChI is InChI=1S/C14H26N2O4/c1-2-3-6-16(7-4-9-17)13(18)11-15-8-5-12(10-15)14(19)20/h12,17H,2-11H2,1H3,(H,19,20). The summed E-state index contributed by atoms with van der Waals surface area (Å²) < 4.78 is 0. The van der Waals surface area contributed by atoms with Gasteiger partial charge in [0.25, 0.3) is 0 Å². The molecule has 1 aliphatic heterocycles. The second-order valence-corrected chi connectivity index (χ2v) is 5.37. The summed E-state index contributed by atoms with van der Waals surface area (Å²) in [5.41, 5.74) is 0. The Morgan fingerprint density at radius 3 is 2.55 bits per heavy atom. The van der Waals surface area contributed by atoms with E-state index in [1.165, 1.54) is 0 Å². The largest absolute Gasteiger partial charge is 0.481 e. The number of hydrogen-bond acceptors (Lipinski definition) is 4. The average molecular weight is 286 g/mol. The third-order valence-electron chi connectivity index (χ3n) is 3.70. The highest BCUT2D eigenvalue weighted by Crippen LogP contribution is 2.16. The molecular formula is C14H26N2O4. The first-order valence-corrected chi connectivity index (χ1v) is 7.42. The van der Waals surface area contributed by atoms with Crippen LogP contribution in [0.3, 0.4) is 0 Å². The van der Waals surface area contributed by atoms with Gasteiger partial charge in [-0.05, 0) is 25.8 Å². The molecule has 0 spiro atoms.